The maximum absolute atomic E-state index is 13.0. The Morgan fingerprint density at radius 3 is 2.29 bits per heavy atom. The molecule has 0 atom stereocenters. The van der Waals surface area contributed by atoms with Gasteiger partial charge in [0.25, 0.3) is 0 Å². The minimum Gasteiger partial charge on any atom is -0.497 e. The van der Waals surface area contributed by atoms with Crippen molar-refractivity contribution >= 4 is 23.8 Å². The van der Waals surface area contributed by atoms with Gasteiger partial charge in [0.15, 0.2) is 5.82 Å². The minimum atomic E-state index is -0.302. The van der Waals surface area contributed by atoms with Crippen LogP contribution in [0.15, 0.2) is 66.7 Å². The maximum Gasteiger partial charge on any atom is 0.246 e. The molecule has 1 amide bonds. The van der Waals surface area contributed by atoms with E-state index in [9.17, 15) is 4.79 Å². The third-order valence-corrected chi connectivity index (χ3v) is 5.91. The predicted octanol–water partition coefficient (Wildman–Crippen LogP) is 5.04. The van der Waals surface area contributed by atoms with E-state index >= 15 is 0 Å². The highest BCUT2D eigenvalue weighted by Crippen LogP contribution is 2.29. The van der Waals surface area contributed by atoms with E-state index in [1.165, 1.54) is 4.68 Å². The number of anilines is 1. The summed E-state index contributed by atoms with van der Waals surface area (Å²) in [4.78, 5) is 13.0. The van der Waals surface area contributed by atoms with Crippen molar-refractivity contribution in [1.29, 1.82) is 0 Å². The zero-order valence-corrected chi connectivity index (χ0v) is 20.8. The lowest BCUT2D eigenvalue weighted by atomic mass is 10.1. The summed E-state index contributed by atoms with van der Waals surface area (Å²) in [7, 11) is 4.72. The molecular weight excluding hydrogens is 464 g/mol. The van der Waals surface area contributed by atoms with Crippen LogP contribution in [0.2, 0.25) is 0 Å². The van der Waals surface area contributed by atoms with Gasteiger partial charge in [0.2, 0.25) is 10.7 Å². The highest BCUT2D eigenvalue weighted by Gasteiger charge is 2.18. The number of methoxy groups -OCH3 is 3. The Labute approximate surface area is 208 Å². The summed E-state index contributed by atoms with van der Waals surface area (Å²) in [5.41, 5.74) is 3.26. The van der Waals surface area contributed by atoms with Crippen LogP contribution in [0.1, 0.15) is 5.56 Å². The van der Waals surface area contributed by atoms with Gasteiger partial charge in [0.05, 0.1) is 32.7 Å². The summed E-state index contributed by atoms with van der Waals surface area (Å²) in [5.74, 6) is 2.18. The molecule has 0 unspecified atom stereocenters. The van der Waals surface area contributed by atoms with Gasteiger partial charge in [-0.2, -0.15) is 5.10 Å². The number of para-hydroxylation sites is 1. The fraction of sp³-hybridized carbons (Fsp3) is 0.192. The molecule has 4 aromatic rings. The summed E-state index contributed by atoms with van der Waals surface area (Å²) in [6.07, 6.45) is 0. The molecule has 0 saturated carbocycles. The highest BCUT2D eigenvalue weighted by atomic mass is 32.1. The van der Waals surface area contributed by atoms with Gasteiger partial charge in [0.1, 0.15) is 23.8 Å². The van der Waals surface area contributed by atoms with Gasteiger partial charge in [-0.15, -0.1) is 0 Å². The van der Waals surface area contributed by atoms with Gasteiger partial charge in [-0.3, -0.25) is 9.36 Å². The normalized spacial score (nSPS) is 10.6. The number of hydrogen-bond acceptors (Lipinski definition) is 6. The second-order valence-electron chi connectivity index (χ2n) is 7.73. The van der Waals surface area contributed by atoms with Gasteiger partial charge in [-0.05, 0) is 67.2 Å². The molecule has 1 aromatic heterocycles. The lowest BCUT2D eigenvalue weighted by molar-refractivity contribution is -0.116. The van der Waals surface area contributed by atoms with E-state index in [0.717, 1.165) is 22.6 Å². The van der Waals surface area contributed by atoms with Crippen molar-refractivity contribution in [3.63, 3.8) is 0 Å². The van der Waals surface area contributed by atoms with Gasteiger partial charge in [0, 0.05) is 11.6 Å². The first-order valence-corrected chi connectivity index (χ1v) is 11.3. The van der Waals surface area contributed by atoms with E-state index in [0.29, 0.717) is 27.8 Å². The Morgan fingerprint density at radius 2 is 1.63 bits per heavy atom. The number of amides is 1. The van der Waals surface area contributed by atoms with Crippen LogP contribution >= 0.6 is 12.2 Å². The fourth-order valence-electron chi connectivity index (χ4n) is 3.71. The number of nitrogens with zero attached hydrogens (tertiary/aromatic N) is 3. The van der Waals surface area contributed by atoms with E-state index in [1.54, 1.807) is 39.5 Å². The van der Waals surface area contributed by atoms with Crippen LogP contribution in [0.4, 0.5) is 5.69 Å². The minimum absolute atomic E-state index is 0.0821. The summed E-state index contributed by atoms with van der Waals surface area (Å²) < 4.78 is 19.7. The first-order chi connectivity index (χ1) is 16.9. The Bertz CT molecular complexity index is 1410. The summed E-state index contributed by atoms with van der Waals surface area (Å²) in [6, 6.07) is 20.6. The van der Waals surface area contributed by atoms with Gasteiger partial charge in [-0.1, -0.05) is 18.2 Å². The SMILES string of the molecule is COc1ccc(-c2nn(CC(=O)Nc3cc(OC)ccc3OC)c(=S)n2-c2ccccc2C)cc1. The molecule has 0 bridgehead atoms. The molecule has 1 heterocycles. The molecule has 0 fully saturated rings. The molecule has 3 aromatic carbocycles. The Morgan fingerprint density at radius 1 is 0.943 bits per heavy atom. The third kappa shape index (κ3) is 5.04. The Hall–Kier alpha value is -4.11. The molecule has 0 aliphatic carbocycles. The molecule has 0 aliphatic rings. The summed E-state index contributed by atoms with van der Waals surface area (Å²) in [6.45, 7) is 1.93. The quantitative estimate of drug-likeness (QED) is 0.349. The van der Waals surface area contributed by atoms with E-state index in [-0.39, 0.29) is 12.5 Å². The monoisotopic (exact) mass is 490 g/mol. The fourth-order valence-corrected chi connectivity index (χ4v) is 4.00. The number of nitrogens with one attached hydrogen (secondary N) is 1. The standard InChI is InChI=1S/C26H26N4O4S/c1-17-7-5-6-8-22(17)30-25(18-9-11-19(32-2)12-10-18)28-29(26(30)35)16-24(31)27-21-15-20(33-3)13-14-23(21)34-4/h5-15H,16H2,1-4H3,(H,27,31). The second-order valence-corrected chi connectivity index (χ2v) is 8.09. The lowest BCUT2D eigenvalue weighted by Crippen LogP contribution is -2.20. The van der Waals surface area contributed by atoms with E-state index < -0.39 is 0 Å². The molecule has 0 aliphatic heterocycles. The number of rotatable bonds is 8. The highest BCUT2D eigenvalue weighted by molar-refractivity contribution is 7.71. The van der Waals surface area contributed by atoms with Crippen LogP contribution in [-0.4, -0.2) is 41.6 Å². The van der Waals surface area contributed by atoms with Crippen LogP contribution < -0.4 is 19.5 Å². The number of carbonyl (C=O) groups excluding carboxylic acids is 1. The number of aromatic nitrogens is 3. The van der Waals surface area contributed by atoms with E-state index in [4.69, 9.17) is 31.5 Å². The second kappa shape index (κ2) is 10.4. The molecular formula is C26H26N4O4S. The molecule has 35 heavy (non-hydrogen) atoms. The van der Waals surface area contributed by atoms with Crippen LogP contribution in [0.5, 0.6) is 17.2 Å². The molecule has 0 radical (unpaired) electrons. The topological polar surface area (TPSA) is 79.5 Å². The van der Waals surface area contributed by atoms with E-state index in [1.807, 2.05) is 60.0 Å². The number of carbonyl (C=O) groups is 1. The van der Waals surface area contributed by atoms with Crippen molar-refractivity contribution in [2.75, 3.05) is 26.6 Å². The number of benzene rings is 3. The third-order valence-electron chi connectivity index (χ3n) is 5.52. The van der Waals surface area contributed by atoms with Crippen LogP contribution in [0, 0.1) is 11.7 Å². The van der Waals surface area contributed by atoms with Crippen molar-refractivity contribution in [2.24, 2.45) is 0 Å². The largest absolute Gasteiger partial charge is 0.497 e. The lowest BCUT2D eigenvalue weighted by Gasteiger charge is -2.11. The number of hydrogen-bond donors (Lipinski definition) is 1. The zero-order valence-electron chi connectivity index (χ0n) is 19.9. The molecule has 180 valence electrons. The van der Waals surface area contributed by atoms with Gasteiger partial charge < -0.3 is 19.5 Å². The van der Waals surface area contributed by atoms with Crippen molar-refractivity contribution in [1.82, 2.24) is 14.3 Å². The van der Waals surface area contributed by atoms with Crippen molar-refractivity contribution in [3.8, 4) is 34.3 Å². The number of aryl methyl sites for hydroxylation is 1. The Balaban J connectivity index is 1.73. The zero-order chi connectivity index (χ0) is 24.9. The van der Waals surface area contributed by atoms with Crippen molar-refractivity contribution in [3.05, 3.63) is 77.1 Å². The van der Waals surface area contributed by atoms with Crippen molar-refractivity contribution in [2.45, 2.75) is 13.5 Å². The Kier molecular flexibility index (Phi) is 7.17. The van der Waals surface area contributed by atoms with Crippen molar-refractivity contribution < 1.29 is 19.0 Å². The number of ether oxygens (including phenoxy) is 3. The molecule has 0 saturated heterocycles. The first-order valence-electron chi connectivity index (χ1n) is 10.9. The van der Waals surface area contributed by atoms with Gasteiger partial charge in [-0.25, -0.2) is 4.68 Å². The smallest absolute Gasteiger partial charge is 0.246 e. The van der Waals surface area contributed by atoms with E-state index in [2.05, 4.69) is 5.32 Å². The average Bonchev–Trinajstić information content (AvgIpc) is 3.19. The average molecular weight is 491 g/mol. The molecule has 0 spiro atoms. The molecule has 9 heteroatoms. The molecule has 8 nitrogen and oxygen atoms in total. The molecule has 1 N–H and O–H groups in total. The van der Waals surface area contributed by atoms with Crippen LogP contribution in [-0.2, 0) is 11.3 Å². The predicted molar refractivity (Wildman–Crippen MR) is 137 cm³/mol. The maximum atomic E-state index is 13.0. The van der Waals surface area contributed by atoms with Crippen LogP contribution in [0.3, 0.4) is 0 Å². The summed E-state index contributed by atoms with van der Waals surface area (Å²) >= 11 is 5.79. The van der Waals surface area contributed by atoms with Crippen LogP contribution in [0.25, 0.3) is 17.1 Å². The molecule has 4 rings (SSSR count). The van der Waals surface area contributed by atoms with Gasteiger partial charge >= 0.3 is 0 Å². The summed E-state index contributed by atoms with van der Waals surface area (Å²) in [5, 5.41) is 7.60. The first kappa shape index (κ1) is 24.0.